The van der Waals surface area contributed by atoms with Gasteiger partial charge in [0, 0.05) is 19.3 Å². The van der Waals surface area contributed by atoms with Crippen molar-refractivity contribution in [3.63, 3.8) is 0 Å². The number of hydrogen-bond donors (Lipinski definition) is 0. The highest BCUT2D eigenvalue weighted by atomic mass is 16.6. The van der Waals surface area contributed by atoms with Crippen LogP contribution in [-0.2, 0) is 28.6 Å². The van der Waals surface area contributed by atoms with Crippen LogP contribution in [0.3, 0.4) is 0 Å². The molecule has 0 aliphatic carbocycles. The Labute approximate surface area is 477 Å². The van der Waals surface area contributed by atoms with E-state index in [2.05, 4.69) is 118 Å². The predicted octanol–water partition coefficient (Wildman–Crippen LogP) is 22.4. The van der Waals surface area contributed by atoms with Crippen LogP contribution in [0.25, 0.3) is 0 Å². The number of allylic oxidation sites excluding steroid dienone is 16. The van der Waals surface area contributed by atoms with Crippen LogP contribution in [0.5, 0.6) is 0 Å². The van der Waals surface area contributed by atoms with Gasteiger partial charge in [0.2, 0.25) is 0 Å². The molecule has 1 atom stereocenters. The van der Waals surface area contributed by atoms with E-state index >= 15 is 0 Å². The third-order valence-electron chi connectivity index (χ3n) is 14.0. The third-order valence-corrected chi connectivity index (χ3v) is 14.0. The lowest BCUT2D eigenvalue weighted by Gasteiger charge is -2.18. The molecular formula is C71H122O6. The molecule has 0 saturated carbocycles. The average molecular weight is 1070 g/mol. The summed E-state index contributed by atoms with van der Waals surface area (Å²) >= 11 is 0. The van der Waals surface area contributed by atoms with E-state index in [0.29, 0.717) is 19.3 Å². The monoisotopic (exact) mass is 1070 g/mol. The van der Waals surface area contributed by atoms with Crippen LogP contribution in [0.2, 0.25) is 0 Å². The van der Waals surface area contributed by atoms with Crippen LogP contribution in [0.1, 0.15) is 316 Å². The Morgan fingerprint density at radius 3 is 0.818 bits per heavy atom. The molecule has 442 valence electrons. The van der Waals surface area contributed by atoms with Gasteiger partial charge in [-0.15, -0.1) is 0 Å². The minimum absolute atomic E-state index is 0.0898. The number of hydrogen-bond acceptors (Lipinski definition) is 6. The van der Waals surface area contributed by atoms with E-state index in [-0.39, 0.29) is 31.1 Å². The molecule has 0 aliphatic heterocycles. The molecule has 0 aromatic heterocycles. The lowest BCUT2D eigenvalue weighted by Crippen LogP contribution is -2.30. The van der Waals surface area contributed by atoms with Crippen molar-refractivity contribution in [3.8, 4) is 0 Å². The Hall–Kier alpha value is -3.67. The highest BCUT2D eigenvalue weighted by Crippen LogP contribution is 2.16. The van der Waals surface area contributed by atoms with Gasteiger partial charge in [0.25, 0.3) is 0 Å². The fourth-order valence-corrected chi connectivity index (χ4v) is 9.14. The molecule has 77 heavy (non-hydrogen) atoms. The van der Waals surface area contributed by atoms with Gasteiger partial charge in [0.1, 0.15) is 13.2 Å². The van der Waals surface area contributed by atoms with E-state index in [0.717, 1.165) is 116 Å². The second-order valence-electron chi connectivity index (χ2n) is 21.6. The smallest absolute Gasteiger partial charge is 0.306 e. The molecule has 0 aliphatic rings. The van der Waals surface area contributed by atoms with Crippen molar-refractivity contribution < 1.29 is 28.6 Å². The first kappa shape index (κ1) is 73.3. The summed E-state index contributed by atoms with van der Waals surface area (Å²) in [5, 5.41) is 0. The van der Waals surface area contributed by atoms with Crippen molar-refractivity contribution in [2.24, 2.45) is 0 Å². The third kappa shape index (κ3) is 63.0. The maximum absolute atomic E-state index is 12.9. The zero-order valence-corrected chi connectivity index (χ0v) is 50.7. The Balaban J connectivity index is 4.36. The van der Waals surface area contributed by atoms with E-state index in [9.17, 15) is 14.4 Å². The van der Waals surface area contributed by atoms with Crippen molar-refractivity contribution >= 4 is 17.9 Å². The molecule has 0 saturated heterocycles. The highest BCUT2D eigenvalue weighted by Gasteiger charge is 2.19. The number of ether oxygens (including phenoxy) is 3. The molecule has 0 aromatic rings. The molecule has 0 aromatic carbocycles. The number of esters is 3. The predicted molar refractivity (Wildman–Crippen MR) is 334 cm³/mol. The molecule has 0 fully saturated rings. The van der Waals surface area contributed by atoms with E-state index in [1.54, 1.807) is 0 Å². The first-order chi connectivity index (χ1) is 38.0. The summed E-state index contributed by atoms with van der Waals surface area (Å²) in [5.41, 5.74) is 0. The maximum atomic E-state index is 12.9. The molecule has 6 heteroatoms. The molecule has 1 unspecified atom stereocenters. The number of unbranched alkanes of at least 4 members (excludes halogenated alkanes) is 32. The lowest BCUT2D eigenvalue weighted by molar-refractivity contribution is -0.167. The van der Waals surface area contributed by atoms with Crippen LogP contribution in [-0.4, -0.2) is 37.2 Å². The van der Waals surface area contributed by atoms with E-state index < -0.39 is 6.10 Å². The summed E-state index contributed by atoms with van der Waals surface area (Å²) < 4.78 is 16.9. The molecule has 0 radical (unpaired) electrons. The van der Waals surface area contributed by atoms with Crippen molar-refractivity contribution in [1.82, 2.24) is 0 Å². The van der Waals surface area contributed by atoms with Crippen LogP contribution in [0.4, 0.5) is 0 Å². The molecule has 0 heterocycles. The molecule has 0 rings (SSSR count). The molecule has 0 spiro atoms. The van der Waals surface area contributed by atoms with E-state index in [1.807, 2.05) is 0 Å². The summed E-state index contributed by atoms with van der Waals surface area (Å²) in [6, 6.07) is 0. The second-order valence-corrected chi connectivity index (χ2v) is 21.6. The quantitative estimate of drug-likeness (QED) is 0.0261. The van der Waals surface area contributed by atoms with Crippen LogP contribution >= 0.6 is 0 Å². The SMILES string of the molecule is CC/C=C\C/C=C\C/C=C\C/C=C\CCCCCCC(=O)OC(COC(=O)CCCCCCCCC/C=C\C/C=C\CCCCC)COC(=O)CCCCCCCCCCCCCCC/C=C\C/C=C\CCCCCCC. The standard InChI is InChI=1S/C71H122O6/c1-4-7-10-13-16-19-22-25-28-31-32-33-34-35-36-37-38-41-43-46-49-52-55-58-61-64-70(73)76-67-68(77-71(74)65-62-59-56-53-50-47-44-40-30-27-24-21-18-15-12-9-6-3)66-75-69(72)63-60-57-54-51-48-45-42-39-29-26-23-20-17-14-11-8-5-2/h9,12,17-18,20-22,25-27,29-32,44,47,68H,4-8,10-11,13-16,19,23-24,28,33-43,45-46,48-67H2,1-3H3/b12-9-,20-17-,21-18-,25-22-,29-26-,30-27-,32-31-,47-44-. The van der Waals surface area contributed by atoms with Gasteiger partial charge in [0.15, 0.2) is 6.10 Å². The zero-order chi connectivity index (χ0) is 55.7. The van der Waals surface area contributed by atoms with Crippen LogP contribution in [0.15, 0.2) is 97.2 Å². The summed E-state index contributed by atoms with van der Waals surface area (Å²) in [6.07, 6.45) is 87.0. The van der Waals surface area contributed by atoms with E-state index in [1.165, 1.54) is 161 Å². The largest absolute Gasteiger partial charge is 0.462 e. The number of carbonyl (C=O) groups is 3. The van der Waals surface area contributed by atoms with Crippen molar-refractivity contribution in [3.05, 3.63) is 97.2 Å². The minimum atomic E-state index is -0.796. The lowest BCUT2D eigenvalue weighted by atomic mass is 10.0. The van der Waals surface area contributed by atoms with Gasteiger partial charge in [-0.1, -0.05) is 272 Å². The summed E-state index contributed by atoms with van der Waals surface area (Å²) in [6.45, 7) is 6.49. The molecular weight excluding hydrogens is 949 g/mol. The Kier molecular flexibility index (Phi) is 61.8. The molecule has 0 amide bonds. The summed E-state index contributed by atoms with van der Waals surface area (Å²) in [7, 11) is 0. The molecule has 0 N–H and O–H groups in total. The summed E-state index contributed by atoms with van der Waals surface area (Å²) in [5.74, 6) is -0.912. The number of carbonyl (C=O) groups excluding carboxylic acids is 3. The van der Waals surface area contributed by atoms with Crippen molar-refractivity contribution in [2.75, 3.05) is 13.2 Å². The van der Waals surface area contributed by atoms with Gasteiger partial charge in [-0.3, -0.25) is 14.4 Å². The van der Waals surface area contributed by atoms with Gasteiger partial charge in [0.05, 0.1) is 0 Å². The minimum Gasteiger partial charge on any atom is -0.462 e. The first-order valence-electron chi connectivity index (χ1n) is 32.7. The van der Waals surface area contributed by atoms with E-state index in [4.69, 9.17) is 14.2 Å². The zero-order valence-electron chi connectivity index (χ0n) is 50.7. The second kappa shape index (κ2) is 64.9. The molecule has 0 bridgehead atoms. The van der Waals surface area contributed by atoms with Gasteiger partial charge >= 0.3 is 17.9 Å². The van der Waals surface area contributed by atoms with Crippen LogP contribution in [0, 0.1) is 0 Å². The van der Waals surface area contributed by atoms with Crippen molar-refractivity contribution in [2.45, 2.75) is 322 Å². The Morgan fingerprint density at radius 1 is 0.273 bits per heavy atom. The Bertz CT molecular complexity index is 1510. The summed E-state index contributed by atoms with van der Waals surface area (Å²) in [4.78, 5) is 38.4. The van der Waals surface area contributed by atoms with Crippen LogP contribution < -0.4 is 0 Å². The van der Waals surface area contributed by atoms with Gasteiger partial charge in [-0.05, 0) is 122 Å². The topological polar surface area (TPSA) is 78.9 Å². The Morgan fingerprint density at radius 2 is 0.506 bits per heavy atom. The van der Waals surface area contributed by atoms with Crippen molar-refractivity contribution in [1.29, 1.82) is 0 Å². The maximum Gasteiger partial charge on any atom is 0.306 e. The van der Waals surface area contributed by atoms with Gasteiger partial charge in [-0.2, -0.15) is 0 Å². The normalized spacial score (nSPS) is 12.7. The number of rotatable bonds is 59. The van der Waals surface area contributed by atoms with Gasteiger partial charge in [-0.25, -0.2) is 0 Å². The highest BCUT2D eigenvalue weighted by molar-refractivity contribution is 5.71. The fraction of sp³-hybridized carbons (Fsp3) is 0.732. The first-order valence-corrected chi connectivity index (χ1v) is 32.7. The molecule has 6 nitrogen and oxygen atoms in total. The average Bonchev–Trinajstić information content (AvgIpc) is 3.43. The van der Waals surface area contributed by atoms with Gasteiger partial charge < -0.3 is 14.2 Å². The fourth-order valence-electron chi connectivity index (χ4n) is 9.14.